The fraction of sp³-hybridized carbons (Fsp3) is 0.211. The zero-order chi connectivity index (χ0) is 17.8. The summed E-state index contributed by atoms with van der Waals surface area (Å²) in [5.41, 5.74) is 5.42. The molecule has 0 bridgehead atoms. The number of H-pyrrole nitrogens is 1. The Kier molecular flexibility index (Phi) is 3.40. The molecule has 0 spiro atoms. The van der Waals surface area contributed by atoms with E-state index in [1.54, 1.807) is 10.7 Å². The van der Waals surface area contributed by atoms with Crippen LogP contribution in [-0.2, 0) is 13.0 Å². The van der Waals surface area contributed by atoms with E-state index in [1.807, 2.05) is 36.2 Å². The first-order valence-corrected chi connectivity index (χ1v) is 9.30. The van der Waals surface area contributed by atoms with Crippen LogP contribution in [0.1, 0.15) is 27.3 Å². The van der Waals surface area contributed by atoms with Gasteiger partial charge in [0.05, 0.1) is 11.2 Å². The second-order valence-electron chi connectivity index (χ2n) is 6.57. The number of halogens is 1. The highest BCUT2D eigenvalue weighted by molar-refractivity contribution is 9.10. The van der Waals surface area contributed by atoms with Crippen molar-refractivity contribution in [1.82, 2.24) is 24.5 Å². The molecule has 1 aliphatic heterocycles. The number of nitrogens with zero attached hydrogens (tertiary/aromatic N) is 4. The number of amides is 1. The topological polar surface area (TPSA) is 66.3 Å². The van der Waals surface area contributed by atoms with Crippen LogP contribution >= 0.6 is 15.9 Å². The van der Waals surface area contributed by atoms with Gasteiger partial charge < -0.3 is 9.88 Å². The number of aromatic amines is 1. The lowest BCUT2D eigenvalue weighted by Crippen LogP contribution is -2.36. The number of benzene rings is 1. The van der Waals surface area contributed by atoms with Crippen LogP contribution in [0.4, 0.5) is 0 Å². The molecule has 1 aromatic carbocycles. The largest absolute Gasteiger partial charge is 0.357 e. The smallest absolute Gasteiger partial charge is 0.259 e. The molecule has 7 heteroatoms. The number of aromatic nitrogens is 4. The van der Waals surface area contributed by atoms with Crippen molar-refractivity contribution < 1.29 is 4.79 Å². The van der Waals surface area contributed by atoms with Crippen LogP contribution in [0.5, 0.6) is 0 Å². The number of nitrogens with one attached hydrogen (secondary N) is 1. The molecule has 5 rings (SSSR count). The van der Waals surface area contributed by atoms with Gasteiger partial charge in [-0.2, -0.15) is 5.10 Å². The van der Waals surface area contributed by atoms with E-state index in [0.717, 1.165) is 16.4 Å². The van der Waals surface area contributed by atoms with E-state index in [9.17, 15) is 4.79 Å². The lowest BCUT2D eigenvalue weighted by molar-refractivity contribution is 0.0736. The van der Waals surface area contributed by atoms with Gasteiger partial charge in [0.15, 0.2) is 5.65 Å². The fourth-order valence-electron chi connectivity index (χ4n) is 3.78. The van der Waals surface area contributed by atoms with E-state index < -0.39 is 0 Å². The molecule has 0 atom stereocenters. The van der Waals surface area contributed by atoms with Gasteiger partial charge in [0.2, 0.25) is 0 Å². The minimum Gasteiger partial charge on any atom is -0.357 e. The number of carbonyl (C=O) groups excluding carboxylic acids is 1. The Balaban J connectivity index is 1.56. The molecule has 1 aliphatic rings. The van der Waals surface area contributed by atoms with Crippen LogP contribution in [-0.4, -0.2) is 36.9 Å². The van der Waals surface area contributed by atoms with Crippen molar-refractivity contribution in [3.8, 4) is 0 Å². The van der Waals surface area contributed by atoms with E-state index >= 15 is 0 Å². The quantitative estimate of drug-likeness (QED) is 0.523. The van der Waals surface area contributed by atoms with Gasteiger partial charge >= 0.3 is 0 Å². The molecule has 4 aromatic rings. The van der Waals surface area contributed by atoms with Gasteiger partial charge in [0, 0.05) is 53.0 Å². The molecular weight excluding hydrogens is 394 g/mol. The number of hydrogen-bond donors (Lipinski definition) is 1. The highest BCUT2D eigenvalue weighted by Gasteiger charge is 2.28. The molecule has 0 unspecified atom stereocenters. The second-order valence-corrected chi connectivity index (χ2v) is 7.42. The van der Waals surface area contributed by atoms with Crippen molar-refractivity contribution in [3.63, 3.8) is 0 Å². The van der Waals surface area contributed by atoms with Gasteiger partial charge in [-0.05, 0) is 35.0 Å². The monoisotopic (exact) mass is 409 g/mol. The maximum atomic E-state index is 13.2. The highest BCUT2D eigenvalue weighted by atomic mass is 79.9. The summed E-state index contributed by atoms with van der Waals surface area (Å²) in [4.78, 5) is 23.0. The van der Waals surface area contributed by atoms with Crippen molar-refractivity contribution in [2.75, 3.05) is 6.54 Å². The molecule has 0 saturated carbocycles. The van der Waals surface area contributed by atoms with Crippen LogP contribution in [0.3, 0.4) is 0 Å². The summed E-state index contributed by atoms with van der Waals surface area (Å²) in [5, 5.41) is 5.59. The second kappa shape index (κ2) is 5.67. The van der Waals surface area contributed by atoms with Gasteiger partial charge in [-0.1, -0.05) is 12.1 Å². The summed E-state index contributed by atoms with van der Waals surface area (Å²) < 4.78 is 2.71. The standard InChI is InChI=1S/C19H16BrN5O/c1-11-16(18-21-7-3-8-25(18)23-11)19(26)24-9-6-15-13(10-24)12-4-2-5-14(20)17(12)22-15/h2-5,7-8,22H,6,9-10H2,1H3. The molecule has 130 valence electrons. The van der Waals surface area contributed by atoms with Gasteiger partial charge in [-0.15, -0.1) is 0 Å². The zero-order valence-corrected chi connectivity index (χ0v) is 15.7. The van der Waals surface area contributed by atoms with Crippen molar-refractivity contribution >= 4 is 38.4 Å². The average Bonchev–Trinajstić information content (AvgIpc) is 3.18. The SMILES string of the molecule is Cc1nn2cccnc2c1C(=O)N1CCc2[nH]c3c(Br)cccc3c2C1. The third-order valence-corrected chi connectivity index (χ3v) is 5.69. The van der Waals surface area contributed by atoms with Crippen molar-refractivity contribution in [2.45, 2.75) is 19.9 Å². The Morgan fingerprint density at radius 1 is 1.31 bits per heavy atom. The summed E-state index contributed by atoms with van der Waals surface area (Å²) in [6, 6.07) is 7.97. The molecule has 3 aromatic heterocycles. The molecule has 0 fully saturated rings. The molecule has 26 heavy (non-hydrogen) atoms. The van der Waals surface area contributed by atoms with Crippen LogP contribution in [0, 0.1) is 6.92 Å². The maximum absolute atomic E-state index is 13.2. The molecule has 6 nitrogen and oxygen atoms in total. The predicted octanol–water partition coefficient (Wildman–Crippen LogP) is 3.48. The summed E-state index contributed by atoms with van der Waals surface area (Å²) >= 11 is 3.60. The first-order valence-electron chi connectivity index (χ1n) is 8.50. The van der Waals surface area contributed by atoms with Crippen LogP contribution in [0.15, 0.2) is 41.1 Å². The Labute approximate surface area is 158 Å². The van der Waals surface area contributed by atoms with E-state index in [4.69, 9.17) is 0 Å². The molecule has 1 amide bonds. The number of fused-ring (bicyclic) bond motifs is 4. The van der Waals surface area contributed by atoms with Crippen LogP contribution in [0.2, 0.25) is 0 Å². The summed E-state index contributed by atoms with van der Waals surface area (Å²) in [6.45, 7) is 3.13. The number of para-hydroxylation sites is 1. The lowest BCUT2D eigenvalue weighted by atomic mass is 10.0. The predicted molar refractivity (Wildman–Crippen MR) is 102 cm³/mol. The van der Waals surface area contributed by atoms with Gasteiger partial charge in [-0.25, -0.2) is 9.50 Å². The average molecular weight is 410 g/mol. The molecule has 0 radical (unpaired) electrons. The van der Waals surface area contributed by atoms with Crippen LogP contribution in [0.25, 0.3) is 16.6 Å². The molecule has 4 heterocycles. The zero-order valence-electron chi connectivity index (χ0n) is 14.2. The fourth-order valence-corrected chi connectivity index (χ4v) is 4.25. The summed E-state index contributed by atoms with van der Waals surface area (Å²) in [7, 11) is 0. The van der Waals surface area contributed by atoms with Gasteiger partial charge in [0.25, 0.3) is 5.91 Å². The highest BCUT2D eigenvalue weighted by Crippen LogP contribution is 2.32. The van der Waals surface area contributed by atoms with E-state index in [0.29, 0.717) is 30.0 Å². The minimum absolute atomic E-state index is 0.00815. The number of hydrogen-bond acceptors (Lipinski definition) is 3. The number of aryl methyl sites for hydroxylation is 1. The Hall–Kier alpha value is -2.67. The van der Waals surface area contributed by atoms with E-state index in [-0.39, 0.29) is 5.91 Å². The molecule has 0 aliphatic carbocycles. The summed E-state index contributed by atoms with van der Waals surface area (Å²) in [5.74, 6) is -0.00815. The van der Waals surface area contributed by atoms with Crippen molar-refractivity contribution in [1.29, 1.82) is 0 Å². The number of carbonyl (C=O) groups is 1. The Morgan fingerprint density at radius 2 is 2.19 bits per heavy atom. The van der Waals surface area contributed by atoms with E-state index in [2.05, 4.69) is 37.1 Å². The molecule has 0 saturated heterocycles. The first-order chi connectivity index (χ1) is 12.6. The summed E-state index contributed by atoms with van der Waals surface area (Å²) in [6.07, 6.45) is 4.32. The van der Waals surface area contributed by atoms with Gasteiger partial charge in [0.1, 0.15) is 5.56 Å². The minimum atomic E-state index is -0.00815. The van der Waals surface area contributed by atoms with E-state index in [1.165, 1.54) is 16.6 Å². The molecule has 1 N–H and O–H groups in total. The van der Waals surface area contributed by atoms with Crippen molar-refractivity contribution in [2.24, 2.45) is 0 Å². The third kappa shape index (κ3) is 2.20. The first kappa shape index (κ1) is 15.6. The van der Waals surface area contributed by atoms with Gasteiger partial charge in [-0.3, -0.25) is 4.79 Å². The van der Waals surface area contributed by atoms with Crippen molar-refractivity contribution in [3.05, 3.63) is 63.6 Å². The molecular formula is C19H16BrN5O. The third-order valence-electron chi connectivity index (χ3n) is 5.03. The Bertz CT molecular complexity index is 1180. The Morgan fingerprint density at radius 3 is 3.08 bits per heavy atom. The number of rotatable bonds is 1. The maximum Gasteiger partial charge on any atom is 0.259 e. The lowest BCUT2D eigenvalue weighted by Gasteiger charge is -2.27. The normalized spacial score (nSPS) is 14.2. The van der Waals surface area contributed by atoms with Crippen LogP contribution < -0.4 is 0 Å².